The van der Waals surface area contributed by atoms with Gasteiger partial charge in [-0.25, -0.2) is 9.59 Å². The quantitative estimate of drug-likeness (QED) is 0.475. The van der Waals surface area contributed by atoms with Gasteiger partial charge in [0.2, 0.25) is 5.91 Å². The molecule has 0 radical (unpaired) electrons. The van der Waals surface area contributed by atoms with Crippen molar-refractivity contribution in [2.75, 3.05) is 26.2 Å². The number of nitrogens with zero attached hydrogens (tertiary/aromatic N) is 2. The van der Waals surface area contributed by atoms with E-state index >= 15 is 0 Å². The summed E-state index contributed by atoms with van der Waals surface area (Å²) in [5.74, 6) is -4.42. The van der Waals surface area contributed by atoms with Gasteiger partial charge in [-0.3, -0.25) is 14.7 Å². The highest BCUT2D eigenvalue weighted by Gasteiger charge is 2.54. The Morgan fingerprint density at radius 1 is 1.16 bits per heavy atom. The van der Waals surface area contributed by atoms with Gasteiger partial charge in [-0.15, -0.1) is 0 Å². The van der Waals surface area contributed by atoms with Gasteiger partial charge in [-0.2, -0.15) is 26.3 Å². The zero-order valence-electron chi connectivity index (χ0n) is 19.5. The number of nitrogens with one attached hydrogen (secondary N) is 1. The van der Waals surface area contributed by atoms with E-state index in [9.17, 15) is 31.1 Å². The number of pyridine rings is 1. The highest BCUT2D eigenvalue weighted by Crippen LogP contribution is 2.42. The second kappa shape index (κ2) is 12.6. The van der Waals surface area contributed by atoms with E-state index in [4.69, 9.17) is 29.0 Å². The molecule has 2 atom stereocenters. The van der Waals surface area contributed by atoms with Crippen LogP contribution in [0.1, 0.15) is 12.0 Å². The molecule has 2 aliphatic rings. The molecule has 2 aromatic heterocycles. The monoisotopic (exact) mass is 555 g/mol. The van der Waals surface area contributed by atoms with E-state index in [1.807, 2.05) is 18.2 Å². The number of ether oxygens (including phenoxy) is 1. The molecule has 0 bridgehead atoms. The first-order valence-corrected chi connectivity index (χ1v) is 10.8. The number of aromatic nitrogens is 1. The van der Waals surface area contributed by atoms with E-state index in [0.717, 1.165) is 37.4 Å². The first kappa shape index (κ1) is 30.4. The summed E-state index contributed by atoms with van der Waals surface area (Å²) in [4.78, 5) is 36.7. The summed E-state index contributed by atoms with van der Waals surface area (Å²) in [5, 5.41) is 17.3. The highest BCUT2D eigenvalue weighted by molar-refractivity contribution is 5.86. The van der Waals surface area contributed by atoms with E-state index in [1.54, 1.807) is 24.9 Å². The normalized spacial score (nSPS) is 21.1. The molecule has 210 valence electrons. The Hall–Kier alpha value is -3.82. The SMILES string of the molecule is O=C(O)C(F)(F)F.O=C(O)C(F)(F)F.O=C1NC[C@H](COc2cccnc2)[C@]12CCN(Cc1ccoc1)C2. The van der Waals surface area contributed by atoms with Crippen LogP contribution in [0.5, 0.6) is 5.75 Å². The van der Waals surface area contributed by atoms with Crippen molar-refractivity contribution >= 4 is 17.8 Å². The predicted molar refractivity (Wildman–Crippen MR) is 115 cm³/mol. The van der Waals surface area contributed by atoms with Gasteiger partial charge in [0.25, 0.3) is 0 Å². The number of alkyl halides is 6. The van der Waals surface area contributed by atoms with Gasteiger partial charge in [0.1, 0.15) is 5.75 Å². The number of carboxylic acid groups (broad SMARTS) is 2. The van der Waals surface area contributed by atoms with Crippen LogP contribution in [0.4, 0.5) is 26.3 Å². The molecular formula is C22H23F6N3O7. The minimum Gasteiger partial charge on any atom is -0.492 e. The molecule has 38 heavy (non-hydrogen) atoms. The standard InChI is InChI=1S/C18H21N3O3.2C2HF3O2/c22-17-18(4-6-21(13-18)10-14-3-7-23-11-14)15(8-20-17)12-24-16-2-1-5-19-9-16;2*3-2(4,5)1(6)7/h1-3,5,7,9,11,15H,4,6,8,10,12-13H2,(H,20,22);2*(H,6,7)/t15-,18-;;/m1../s1. The molecule has 2 aromatic rings. The number of likely N-dealkylation sites (tertiary alicyclic amines) is 1. The molecule has 4 rings (SSSR count). The van der Waals surface area contributed by atoms with Crippen LogP contribution >= 0.6 is 0 Å². The van der Waals surface area contributed by atoms with E-state index in [2.05, 4.69) is 15.2 Å². The summed E-state index contributed by atoms with van der Waals surface area (Å²) in [7, 11) is 0. The second-order valence-electron chi connectivity index (χ2n) is 8.26. The number of carbonyl (C=O) groups is 3. The molecule has 1 spiro atoms. The lowest BCUT2D eigenvalue weighted by Gasteiger charge is -2.28. The van der Waals surface area contributed by atoms with Crippen LogP contribution < -0.4 is 10.1 Å². The van der Waals surface area contributed by atoms with Gasteiger partial charge >= 0.3 is 24.3 Å². The molecule has 2 saturated heterocycles. The number of amides is 1. The third kappa shape index (κ3) is 8.64. The summed E-state index contributed by atoms with van der Waals surface area (Å²) in [6.45, 7) is 3.72. The Labute approximate surface area is 211 Å². The van der Waals surface area contributed by atoms with Crippen LogP contribution in [-0.4, -0.2) is 76.5 Å². The molecule has 0 aromatic carbocycles. The molecule has 10 nitrogen and oxygen atoms in total. The maximum absolute atomic E-state index is 12.5. The molecule has 16 heteroatoms. The lowest BCUT2D eigenvalue weighted by atomic mass is 9.77. The van der Waals surface area contributed by atoms with Crippen molar-refractivity contribution in [1.82, 2.24) is 15.2 Å². The molecular weight excluding hydrogens is 532 g/mol. The highest BCUT2D eigenvalue weighted by atomic mass is 19.4. The van der Waals surface area contributed by atoms with Crippen LogP contribution in [0.25, 0.3) is 0 Å². The maximum atomic E-state index is 12.5. The minimum absolute atomic E-state index is 0.164. The number of carbonyl (C=O) groups excluding carboxylic acids is 1. The van der Waals surface area contributed by atoms with Crippen molar-refractivity contribution in [1.29, 1.82) is 0 Å². The largest absolute Gasteiger partial charge is 0.492 e. The Balaban J connectivity index is 0.000000301. The smallest absolute Gasteiger partial charge is 0.490 e. The zero-order chi connectivity index (χ0) is 28.6. The molecule has 0 saturated carbocycles. The van der Waals surface area contributed by atoms with Crippen molar-refractivity contribution in [3.63, 3.8) is 0 Å². The van der Waals surface area contributed by atoms with Crippen molar-refractivity contribution < 1.29 is 60.1 Å². The van der Waals surface area contributed by atoms with Gasteiger partial charge in [-0.05, 0) is 31.2 Å². The van der Waals surface area contributed by atoms with Crippen molar-refractivity contribution in [2.45, 2.75) is 25.3 Å². The molecule has 0 aliphatic carbocycles. The summed E-state index contributed by atoms with van der Waals surface area (Å²) in [5.41, 5.74) is 0.806. The predicted octanol–water partition coefficient (Wildman–Crippen LogP) is 2.96. The third-order valence-electron chi connectivity index (χ3n) is 5.68. The van der Waals surface area contributed by atoms with E-state index in [1.165, 1.54) is 0 Å². The first-order valence-electron chi connectivity index (χ1n) is 10.8. The number of carboxylic acids is 2. The summed E-state index contributed by atoms with van der Waals surface area (Å²) in [6.07, 6.45) is -2.41. The van der Waals surface area contributed by atoms with Gasteiger partial charge in [0, 0.05) is 37.3 Å². The fourth-order valence-electron chi connectivity index (χ4n) is 3.83. The van der Waals surface area contributed by atoms with E-state index < -0.39 is 24.3 Å². The molecule has 1 amide bonds. The maximum Gasteiger partial charge on any atom is 0.490 e. The molecule has 4 heterocycles. The number of furan rings is 1. The van der Waals surface area contributed by atoms with Crippen molar-refractivity contribution in [2.24, 2.45) is 11.3 Å². The number of halogens is 6. The van der Waals surface area contributed by atoms with Crippen LogP contribution in [0.15, 0.2) is 47.5 Å². The van der Waals surface area contributed by atoms with Crippen LogP contribution in [0, 0.1) is 11.3 Å². The minimum atomic E-state index is -5.08. The van der Waals surface area contributed by atoms with Crippen LogP contribution in [-0.2, 0) is 20.9 Å². The summed E-state index contributed by atoms with van der Waals surface area (Å²) >= 11 is 0. The number of hydrogen-bond acceptors (Lipinski definition) is 7. The number of hydrogen-bond donors (Lipinski definition) is 3. The van der Waals surface area contributed by atoms with Gasteiger partial charge in [-0.1, -0.05) is 0 Å². The first-order chi connectivity index (χ1) is 17.6. The van der Waals surface area contributed by atoms with E-state index in [0.29, 0.717) is 13.2 Å². The Morgan fingerprint density at radius 2 is 1.79 bits per heavy atom. The Morgan fingerprint density at radius 3 is 2.29 bits per heavy atom. The fraction of sp³-hybridized carbons (Fsp3) is 0.455. The van der Waals surface area contributed by atoms with Crippen LogP contribution in [0.3, 0.4) is 0 Å². The van der Waals surface area contributed by atoms with Gasteiger partial charge < -0.3 is 24.7 Å². The fourth-order valence-corrected chi connectivity index (χ4v) is 3.83. The third-order valence-corrected chi connectivity index (χ3v) is 5.68. The van der Waals surface area contributed by atoms with Gasteiger partial charge in [0.15, 0.2) is 0 Å². The second-order valence-corrected chi connectivity index (χ2v) is 8.26. The average molecular weight is 555 g/mol. The average Bonchev–Trinajstić information content (AvgIpc) is 3.56. The van der Waals surface area contributed by atoms with Crippen molar-refractivity contribution in [3.8, 4) is 5.75 Å². The van der Waals surface area contributed by atoms with Crippen LogP contribution in [0.2, 0.25) is 0 Å². The molecule has 0 unspecified atom stereocenters. The lowest BCUT2D eigenvalue weighted by Crippen LogP contribution is -2.40. The van der Waals surface area contributed by atoms with Crippen molar-refractivity contribution in [3.05, 3.63) is 48.7 Å². The lowest BCUT2D eigenvalue weighted by molar-refractivity contribution is -0.193. The summed E-state index contributed by atoms with van der Waals surface area (Å²) < 4.78 is 74.5. The summed E-state index contributed by atoms with van der Waals surface area (Å²) in [6, 6.07) is 5.72. The number of rotatable bonds is 5. The zero-order valence-corrected chi connectivity index (χ0v) is 19.5. The Bertz CT molecular complexity index is 1040. The van der Waals surface area contributed by atoms with E-state index in [-0.39, 0.29) is 17.2 Å². The number of aliphatic carboxylic acids is 2. The Kier molecular flexibility index (Phi) is 10.1. The topological polar surface area (TPSA) is 142 Å². The molecule has 2 fully saturated rings. The molecule has 3 N–H and O–H groups in total. The molecule has 2 aliphatic heterocycles. The van der Waals surface area contributed by atoms with Gasteiger partial charge in [0.05, 0.1) is 30.7 Å².